The van der Waals surface area contributed by atoms with Gasteiger partial charge in [-0.3, -0.25) is 0 Å². The summed E-state index contributed by atoms with van der Waals surface area (Å²) in [5, 5.41) is -1.98. The van der Waals surface area contributed by atoms with Crippen molar-refractivity contribution in [3.05, 3.63) is 206 Å². The Hall–Kier alpha value is -7.62. The summed E-state index contributed by atoms with van der Waals surface area (Å²) in [6.07, 6.45) is 0. The number of hydrogen-bond acceptors (Lipinski definition) is 1. The van der Waals surface area contributed by atoms with Crippen molar-refractivity contribution in [2.24, 2.45) is 0 Å². The molecule has 0 aliphatic rings. The maximum Gasteiger partial charge on any atom is 0.137 e. The van der Waals surface area contributed by atoms with Gasteiger partial charge in [0.2, 0.25) is 0 Å². The molecule has 3 nitrogen and oxygen atoms in total. The van der Waals surface area contributed by atoms with E-state index in [9.17, 15) is 16.4 Å². The molecule has 57 heavy (non-hydrogen) atoms. The Kier molecular flexibility index (Phi) is 3.55. The molecule has 12 rings (SSSR count). The topological polar surface area (TPSA) is 23.0 Å². The Labute approximate surface area is 362 Å². The predicted octanol–water partition coefficient (Wildman–Crippen LogP) is 14.8. The van der Waals surface area contributed by atoms with E-state index in [1.807, 2.05) is 0 Å². The van der Waals surface area contributed by atoms with Crippen LogP contribution in [-0.4, -0.2) is 9.13 Å². The van der Waals surface area contributed by atoms with Crippen LogP contribution in [0.3, 0.4) is 0 Å². The average Bonchev–Trinajstić information content (AvgIpc) is 4.31. The van der Waals surface area contributed by atoms with Crippen LogP contribution in [0.1, 0.15) is 32.9 Å². The van der Waals surface area contributed by atoms with Crippen LogP contribution in [0.15, 0.2) is 210 Å². The zero-order chi connectivity index (χ0) is 58.3. The van der Waals surface area contributed by atoms with Gasteiger partial charge in [0.15, 0.2) is 0 Å². The van der Waals surface area contributed by atoms with Gasteiger partial charge in [-0.1, -0.05) is 127 Å². The van der Waals surface area contributed by atoms with E-state index in [-0.39, 0.29) is 73.1 Å². The van der Waals surface area contributed by atoms with Crippen LogP contribution >= 0.6 is 0 Å². The van der Waals surface area contributed by atoms with Crippen molar-refractivity contribution in [3.8, 4) is 44.8 Å². The molecule has 3 aromatic heterocycles. The quantitative estimate of drug-likeness (QED) is 0.172. The second kappa shape index (κ2) is 12.5. The van der Waals surface area contributed by atoms with Crippen molar-refractivity contribution < 1.29 is 37.3 Å². The van der Waals surface area contributed by atoms with Crippen molar-refractivity contribution in [3.63, 3.8) is 0 Å². The molecule has 0 fully saturated rings. The first-order chi connectivity index (χ1) is 38.3. The van der Waals surface area contributed by atoms with Crippen LogP contribution in [0.2, 0.25) is 0 Å². The lowest BCUT2D eigenvalue weighted by atomic mass is 9.96. The molecular weight excluding hydrogens is 693 g/mol. The number of furan rings is 1. The van der Waals surface area contributed by atoms with Crippen molar-refractivity contribution in [2.45, 2.75) is 0 Å². The smallest absolute Gasteiger partial charge is 0.137 e. The van der Waals surface area contributed by atoms with Crippen molar-refractivity contribution in [1.29, 1.82) is 0 Å². The second-order valence-electron chi connectivity index (χ2n) is 13.0. The van der Waals surface area contributed by atoms with E-state index in [0.29, 0.717) is 5.69 Å². The lowest BCUT2D eigenvalue weighted by Crippen LogP contribution is -1.93. The van der Waals surface area contributed by atoms with Crippen LogP contribution in [0, 0.1) is 0 Å². The standard InChI is InChI=1S/C54H34N2O/c1-3-13-35(14-4-1)36-15-11-16-39(31-36)42-21-12-24-52-54(42)45-28-27-41(34-53(45)57-52)56-49-23-10-8-20-44(49)47-33-38(26-30-51(47)56)37-25-29-50-46(32-37)43-19-7-9-22-48(43)55(50)40-17-5-2-6-18-40/h1-34H/i3D,7D,8D,9D,10D,11D,12D,14D,15D,19D,20D,21D,22D,23D,24D,26D,27D,28D,29D,30D,31D,32D,33D,34D. The minimum atomic E-state index is -0.889. The molecule has 0 unspecified atom stereocenters. The molecule has 0 spiro atoms. The molecule has 0 atom stereocenters. The molecule has 0 aliphatic carbocycles. The molecule has 0 saturated heterocycles. The summed E-state index contributed by atoms with van der Waals surface area (Å²) >= 11 is 0. The van der Waals surface area contributed by atoms with E-state index < -0.39 is 176 Å². The lowest BCUT2D eigenvalue weighted by Gasteiger charge is -2.10. The van der Waals surface area contributed by atoms with Gasteiger partial charge in [-0.2, -0.15) is 0 Å². The molecule has 9 aromatic carbocycles. The van der Waals surface area contributed by atoms with E-state index in [4.69, 9.17) is 20.9 Å². The van der Waals surface area contributed by atoms with Gasteiger partial charge in [0.05, 0.1) is 55.0 Å². The number of benzene rings is 9. The molecule has 0 aliphatic heterocycles. The van der Waals surface area contributed by atoms with E-state index in [2.05, 4.69) is 0 Å². The fourth-order valence-electron chi connectivity index (χ4n) is 7.31. The fourth-order valence-corrected chi connectivity index (χ4v) is 7.31. The molecule has 3 heteroatoms. The first-order valence-electron chi connectivity index (χ1n) is 29.6. The molecule has 0 N–H and O–H groups in total. The average molecular weight is 751 g/mol. The third-order valence-electron chi connectivity index (χ3n) is 9.80. The zero-order valence-electron chi connectivity index (χ0n) is 53.1. The van der Waals surface area contributed by atoms with Crippen LogP contribution in [0.4, 0.5) is 0 Å². The van der Waals surface area contributed by atoms with Gasteiger partial charge in [0, 0.05) is 49.7 Å². The van der Waals surface area contributed by atoms with E-state index in [0.717, 1.165) is 16.7 Å². The van der Waals surface area contributed by atoms with Gasteiger partial charge in [-0.05, 0) is 106 Å². The normalized spacial score (nSPS) is 17.8. The van der Waals surface area contributed by atoms with Crippen LogP contribution in [0.5, 0.6) is 0 Å². The number of aromatic nitrogens is 2. The summed E-state index contributed by atoms with van der Waals surface area (Å²) in [5.41, 5.74) is -4.48. The molecule has 266 valence electrons. The minimum absolute atomic E-state index is 0.0244. The molecular formula is C54H34N2O. The summed E-state index contributed by atoms with van der Waals surface area (Å²) in [5.74, 6) is 0. The van der Waals surface area contributed by atoms with Crippen molar-refractivity contribution >= 4 is 65.6 Å². The van der Waals surface area contributed by atoms with Gasteiger partial charge in [-0.15, -0.1) is 0 Å². The predicted molar refractivity (Wildman–Crippen MR) is 239 cm³/mol. The number of nitrogens with zero attached hydrogens (tertiary/aromatic N) is 2. The first kappa shape index (κ1) is 16.2. The summed E-state index contributed by atoms with van der Waals surface area (Å²) in [6.45, 7) is 0. The Morgan fingerprint density at radius 2 is 1.07 bits per heavy atom. The summed E-state index contributed by atoms with van der Waals surface area (Å²) in [6, 6.07) is -1.09. The van der Waals surface area contributed by atoms with Crippen LogP contribution in [-0.2, 0) is 0 Å². The van der Waals surface area contributed by atoms with Gasteiger partial charge < -0.3 is 13.6 Å². The van der Waals surface area contributed by atoms with Crippen molar-refractivity contribution in [2.75, 3.05) is 0 Å². The highest BCUT2D eigenvalue weighted by Crippen LogP contribution is 2.41. The molecule has 0 saturated carbocycles. The molecule has 0 radical (unpaired) electrons. The highest BCUT2D eigenvalue weighted by molar-refractivity contribution is 6.15. The molecule has 0 amide bonds. The maximum absolute atomic E-state index is 9.93. The van der Waals surface area contributed by atoms with Gasteiger partial charge in [0.25, 0.3) is 0 Å². The summed E-state index contributed by atoms with van der Waals surface area (Å²) < 4.78 is 228. The zero-order valence-corrected chi connectivity index (χ0v) is 29.1. The summed E-state index contributed by atoms with van der Waals surface area (Å²) in [7, 11) is 0. The highest BCUT2D eigenvalue weighted by Gasteiger charge is 2.18. The van der Waals surface area contributed by atoms with E-state index >= 15 is 0 Å². The second-order valence-corrected chi connectivity index (χ2v) is 13.0. The van der Waals surface area contributed by atoms with E-state index in [1.54, 1.807) is 30.3 Å². The summed E-state index contributed by atoms with van der Waals surface area (Å²) in [4.78, 5) is 0. The Morgan fingerprint density at radius 1 is 0.351 bits per heavy atom. The van der Waals surface area contributed by atoms with E-state index in [1.165, 1.54) is 22.8 Å². The van der Waals surface area contributed by atoms with Crippen molar-refractivity contribution in [1.82, 2.24) is 9.13 Å². The Balaban J connectivity index is 1.20. The largest absolute Gasteiger partial charge is 0.456 e. The monoisotopic (exact) mass is 750 g/mol. The fraction of sp³-hybridized carbons (Fsp3) is 0. The van der Waals surface area contributed by atoms with Crippen LogP contribution < -0.4 is 0 Å². The number of para-hydroxylation sites is 3. The Bertz CT molecular complexity index is 4930. The first-order valence-corrected chi connectivity index (χ1v) is 17.6. The lowest BCUT2D eigenvalue weighted by molar-refractivity contribution is 0.668. The molecule has 12 aromatic rings. The number of rotatable bonds is 5. The third-order valence-corrected chi connectivity index (χ3v) is 9.80. The van der Waals surface area contributed by atoms with Gasteiger partial charge >= 0.3 is 0 Å². The van der Waals surface area contributed by atoms with Crippen LogP contribution in [0.25, 0.3) is 110 Å². The molecule has 3 heterocycles. The SMILES string of the molecule is [2H]c1ccc([2H])c(-c2c([2H])c([2H])cc(-c3c([2H])c([2H])c([2H])c4oc5c([2H])c(-n6c7c([2H])c([2H])c([2H])c([2H])c7c7c([2H])c(-c8cc([2H])c9c(c8[2H])c8c([2H])c([2H])c([2H])c([2H])c8n9-c8ccccc8)c([2H])c([2H])c76)c([2H])c([2H])c5c34)c2[2H])c1. The highest BCUT2D eigenvalue weighted by atomic mass is 16.3. The number of fused-ring (bicyclic) bond motifs is 9. The molecule has 0 bridgehead atoms. The maximum atomic E-state index is 9.93. The minimum Gasteiger partial charge on any atom is -0.456 e. The third kappa shape index (κ3) is 4.92. The Morgan fingerprint density at radius 3 is 1.91 bits per heavy atom. The van der Waals surface area contributed by atoms with Gasteiger partial charge in [-0.25, -0.2) is 0 Å². The number of hydrogen-bond donors (Lipinski definition) is 0. The van der Waals surface area contributed by atoms with Gasteiger partial charge in [0.1, 0.15) is 11.2 Å².